The van der Waals surface area contributed by atoms with Crippen molar-refractivity contribution in [1.29, 1.82) is 0 Å². The lowest BCUT2D eigenvalue weighted by molar-refractivity contribution is 0.282. The van der Waals surface area contributed by atoms with E-state index in [9.17, 15) is 9.59 Å². The van der Waals surface area contributed by atoms with Crippen molar-refractivity contribution in [3.63, 3.8) is 0 Å². The number of rotatable bonds is 5. The molecule has 3 aromatic rings. The second-order valence-electron chi connectivity index (χ2n) is 5.53. The molecule has 23 heavy (non-hydrogen) atoms. The first-order valence-electron chi connectivity index (χ1n) is 7.25. The van der Waals surface area contributed by atoms with E-state index in [0.717, 1.165) is 13.0 Å². The van der Waals surface area contributed by atoms with Crippen LogP contribution in [0.2, 0.25) is 0 Å². The third-order valence-corrected chi connectivity index (χ3v) is 3.49. The van der Waals surface area contributed by atoms with E-state index in [1.807, 2.05) is 14.1 Å². The molecule has 0 aliphatic rings. The lowest BCUT2D eigenvalue weighted by Crippen LogP contribution is -2.15. The molecule has 2 N–H and O–H groups in total. The van der Waals surface area contributed by atoms with Crippen LogP contribution in [-0.4, -0.2) is 52.5 Å². The van der Waals surface area contributed by atoms with E-state index < -0.39 is 5.56 Å². The fraction of sp³-hybridized carbons (Fsp3) is 0.333. The first-order chi connectivity index (χ1) is 11.1. The predicted molar refractivity (Wildman–Crippen MR) is 87.0 cm³/mol. The zero-order valence-electron chi connectivity index (χ0n) is 12.9. The second kappa shape index (κ2) is 6.17. The van der Waals surface area contributed by atoms with Gasteiger partial charge < -0.3 is 14.6 Å². The number of hydrogen-bond acceptors (Lipinski definition) is 6. The second-order valence-corrected chi connectivity index (χ2v) is 5.53. The Kier molecular flexibility index (Phi) is 4.07. The number of nitrogens with zero attached hydrogens (tertiary/aromatic N) is 3. The van der Waals surface area contributed by atoms with Crippen molar-refractivity contribution in [1.82, 2.24) is 25.3 Å². The van der Waals surface area contributed by atoms with Crippen LogP contribution in [0, 0.1) is 0 Å². The quantitative estimate of drug-likeness (QED) is 0.664. The Labute approximate surface area is 131 Å². The van der Waals surface area contributed by atoms with Gasteiger partial charge in [-0.2, -0.15) is 0 Å². The van der Waals surface area contributed by atoms with Crippen LogP contribution in [0.4, 0.5) is 0 Å². The van der Waals surface area contributed by atoms with E-state index >= 15 is 0 Å². The largest absolute Gasteiger partial charge is 0.494 e. The maximum absolute atomic E-state index is 12.5. The third kappa shape index (κ3) is 3.07. The molecule has 0 aliphatic carbocycles. The Morgan fingerprint density at radius 2 is 2.09 bits per heavy atom. The molecule has 0 amide bonds. The number of fused-ring (bicyclic) bond motifs is 2. The van der Waals surface area contributed by atoms with E-state index in [1.54, 1.807) is 18.2 Å². The summed E-state index contributed by atoms with van der Waals surface area (Å²) < 4.78 is 5.67. The minimum atomic E-state index is -0.458. The molecule has 0 unspecified atom stereocenters. The van der Waals surface area contributed by atoms with E-state index in [-0.39, 0.29) is 16.5 Å². The summed E-state index contributed by atoms with van der Waals surface area (Å²) in [7, 11) is 4.00. The number of nitrogens with one attached hydrogen (secondary N) is 2. The highest BCUT2D eigenvalue weighted by Gasteiger charge is 2.10. The van der Waals surface area contributed by atoms with Crippen molar-refractivity contribution in [3.05, 3.63) is 38.8 Å². The van der Waals surface area contributed by atoms with E-state index in [4.69, 9.17) is 4.74 Å². The molecule has 2 aromatic heterocycles. The van der Waals surface area contributed by atoms with Gasteiger partial charge in [0.2, 0.25) is 5.43 Å². The molecule has 8 heteroatoms. The monoisotopic (exact) mass is 315 g/mol. The molecule has 8 nitrogen and oxygen atoms in total. The van der Waals surface area contributed by atoms with Crippen molar-refractivity contribution in [2.75, 3.05) is 27.2 Å². The summed E-state index contributed by atoms with van der Waals surface area (Å²) in [4.78, 5) is 29.3. The summed E-state index contributed by atoms with van der Waals surface area (Å²) in [6.07, 6.45) is 0.878. The Morgan fingerprint density at radius 3 is 2.87 bits per heavy atom. The number of aromatic nitrogens is 4. The van der Waals surface area contributed by atoms with Crippen LogP contribution < -0.4 is 15.7 Å². The van der Waals surface area contributed by atoms with Crippen LogP contribution in [0.1, 0.15) is 6.42 Å². The van der Waals surface area contributed by atoms with Crippen LogP contribution >= 0.6 is 0 Å². The van der Waals surface area contributed by atoms with E-state index in [1.165, 1.54) is 0 Å². The van der Waals surface area contributed by atoms with Gasteiger partial charge in [-0.3, -0.25) is 14.7 Å². The van der Waals surface area contributed by atoms with Gasteiger partial charge in [0.15, 0.2) is 5.52 Å². The summed E-state index contributed by atoms with van der Waals surface area (Å²) in [6.45, 7) is 1.47. The van der Waals surface area contributed by atoms with E-state index in [0.29, 0.717) is 23.3 Å². The minimum absolute atomic E-state index is 0.000323. The maximum atomic E-state index is 12.5. The normalized spacial score (nSPS) is 11.4. The van der Waals surface area contributed by atoms with Gasteiger partial charge in [0.05, 0.1) is 17.5 Å². The molecule has 120 valence electrons. The first kappa shape index (κ1) is 15.2. The Morgan fingerprint density at radius 1 is 1.26 bits per heavy atom. The SMILES string of the molecule is CN(C)CCCOc1ccc2[nH]c(=O)c3nn[nH]c3c(=O)c2c1. The maximum Gasteiger partial charge on any atom is 0.278 e. The van der Waals surface area contributed by atoms with Gasteiger partial charge in [0.25, 0.3) is 5.56 Å². The number of ether oxygens (including phenoxy) is 1. The van der Waals surface area contributed by atoms with Gasteiger partial charge in [-0.1, -0.05) is 5.21 Å². The van der Waals surface area contributed by atoms with Gasteiger partial charge in [-0.05, 0) is 38.7 Å². The fourth-order valence-corrected chi connectivity index (χ4v) is 2.34. The van der Waals surface area contributed by atoms with Gasteiger partial charge in [-0.15, -0.1) is 5.10 Å². The third-order valence-electron chi connectivity index (χ3n) is 3.49. The summed E-state index contributed by atoms with van der Waals surface area (Å²) in [6, 6.07) is 5.02. The van der Waals surface area contributed by atoms with Gasteiger partial charge in [0.1, 0.15) is 11.3 Å². The molecule has 3 rings (SSSR count). The highest BCUT2D eigenvalue weighted by molar-refractivity contribution is 5.87. The molecular weight excluding hydrogens is 298 g/mol. The molecule has 0 saturated heterocycles. The zero-order chi connectivity index (χ0) is 16.4. The lowest BCUT2D eigenvalue weighted by atomic mass is 10.2. The van der Waals surface area contributed by atoms with Crippen molar-refractivity contribution in [2.45, 2.75) is 6.42 Å². The van der Waals surface area contributed by atoms with Gasteiger partial charge >= 0.3 is 0 Å². The van der Waals surface area contributed by atoms with Crippen LogP contribution in [-0.2, 0) is 0 Å². The molecule has 2 heterocycles. The van der Waals surface area contributed by atoms with E-state index in [2.05, 4.69) is 25.3 Å². The smallest absolute Gasteiger partial charge is 0.278 e. The average molecular weight is 315 g/mol. The minimum Gasteiger partial charge on any atom is -0.494 e. The molecule has 0 atom stereocenters. The van der Waals surface area contributed by atoms with Gasteiger partial charge in [0, 0.05) is 6.54 Å². The molecule has 0 fully saturated rings. The van der Waals surface area contributed by atoms with Crippen LogP contribution in [0.25, 0.3) is 21.9 Å². The van der Waals surface area contributed by atoms with Crippen molar-refractivity contribution in [2.24, 2.45) is 0 Å². The Bertz CT molecular complexity index is 961. The van der Waals surface area contributed by atoms with Crippen LogP contribution in [0.3, 0.4) is 0 Å². The van der Waals surface area contributed by atoms with Crippen molar-refractivity contribution < 1.29 is 4.74 Å². The Hall–Kier alpha value is -2.74. The Balaban J connectivity index is 2.00. The molecule has 0 spiro atoms. The summed E-state index contributed by atoms with van der Waals surface area (Å²) in [5, 5.41) is 10.0. The fourth-order valence-electron chi connectivity index (χ4n) is 2.34. The predicted octanol–water partition coefficient (Wildman–Crippen LogP) is 0.490. The summed E-state index contributed by atoms with van der Waals surface area (Å²) >= 11 is 0. The molecule has 1 aromatic carbocycles. The number of benzene rings is 1. The topological polar surface area (TPSA) is 104 Å². The number of hydrogen-bond donors (Lipinski definition) is 2. The lowest BCUT2D eigenvalue weighted by Gasteiger charge is -2.10. The first-order valence-corrected chi connectivity index (χ1v) is 7.25. The molecule has 0 aliphatic heterocycles. The molecule has 0 bridgehead atoms. The highest BCUT2D eigenvalue weighted by atomic mass is 16.5. The average Bonchev–Trinajstić information content (AvgIpc) is 2.98. The van der Waals surface area contributed by atoms with Crippen molar-refractivity contribution in [3.8, 4) is 5.75 Å². The molecule has 0 saturated carbocycles. The summed E-state index contributed by atoms with van der Waals surface area (Å²) in [5.74, 6) is 0.584. The van der Waals surface area contributed by atoms with Crippen LogP contribution in [0.15, 0.2) is 27.8 Å². The zero-order valence-corrected chi connectivity index (χ0v) is 12.9. The number of aromatic amines is 2. The number of H-pyrrole nitrogens is 2. The summed E-state index contributed by atoms with van der Waals surface area (Å²) in [5.41, 5.74) is -0.268. The molecular formula is C15H17N5O3. The molecule has 0 radical (unpaired) electrons. The van der Waals surface area contributed by atoms with Crippen molar-refractivity contribution >= 4 is 21.9 Å². The van der Waals surface area contributed by atoms with Crippen LogP contribution in [0.5, 0.6) is 5.75 Å². The highest BCUT2D eigenvalue weighted by Crippen LogP contribution is 2.17. The van der Waals surface area contributed by atoms with Gasteiger partial charge in [-0.25, -0.2) is 0 Å². The standard InChI is InChI=1S/C15H17N5O3/c1-20(2)6-3-7-23-9-4-5-11-10(8-9)14(21)12-13(15(22)16-11)18-19-17-12/h4-5,8H,3,6-7H2,1-2H3,(H,16,22)(H,17,18,19).